The highest BCUT2D eigenvalue weighted by Crippen LogP contribution is 2.27. The number of carbonyl (C=O) groups is 2. The maximum atomic E-state index is 13.2. The number of rotatable bonds is 12. The Morgan fingerprint density at radius 3 is 2.76 bits per heavy atom. The molecule has 1 aliphatic rings. The lowest BCUT2D eigenvalue weighted by Gasteiger charge is -2.25. The molecule has 200 valence electrons. The third kappa shape index (κ3) is 10.3. The maximum Gasteiger partial charge on any atom is 0.251 e. The lowest BCUT2D eigenvalue weighted by molar-refractivity contribution is -0.118. The van der Waals surface area contributed by atoms with E-state index in [1.54, 1.807) is 30.0 Å². The first-order chi connectivity index (χ1) is 18.0. The highest BCUT2D eigenvalue weighted by atomic mass is 32.2. The first-order valence-corrected chi connectivity index (χ1v) is 13.8. The molecule has 0 unspecified atom stereocenters. The second kappa shape index (κ2) is 17.2. The van der Waals surface area contributed by atoms with Crippen molar-refractivity contribution < 1.29 is 14.0 Å². The van der Waals surface area contributed by atoms with Crippen molar-refractivity contribution in [3.8, 4) is 0 Å². The number of nitrogens with zero attached hydrogens (tertiary/aromatic N) is 2. The third-order valence-corrected chi connectivity index (χ3v) is 6.58. The average Bonchev–Trinajstić information content (AvgIpc) is 2.90. The zero-order chi connectivity index (χ0) is 26.9. The van der Waals surface area contributed by atoms with E-state index in [-0.39, 0.29) is 18.2 Å². The standard InChI is InChI=1S/C29H39FN4O2S/c1-4-19-31-27(33(5-2)6-3)22-28(35)32-25(17-18-30)14-12-16-29(36)34-20-10-7-11-21-37-23-24-13-8-9-15-26(24)34/h4,8-9,11-15,17,21-22,31H,1,5-7,10,16,18-20,23H2,2-3H3,(H,32,35)/b14-12-,21-11-,25-17+,27-22-. The van der Waals surface area contributed by atoms with E-state index in [2.05, 4.69) is 34.8 Å². The van der Waals surface area contributed by atoms with Gasteiger partial charge in [0.1, 0.15) is 12.5 Å². The molecule has 0 aliphatic carbocycles. The van der Waals surface area contributed by atoms with Gasteiger partial charge in [0.2, 0.25) is 5.91 Å². The maximum absolute atomic E-state index is 13.2. The number of carbonyl (C=O) groups excluding carboxylic acids is 2. The molecular formula is C29H39FN4O2S. The van der Waals surface area contributed by atoms with Gasteiger partial charge in [0.25, 0.3) is 5.91 Å². The first kappa shape index (κ1) is 30.0. The van der Waals surface area contributed by atoms with Crippen molar-refractivity contribution in [3.63, 3.8) is 0 Å². The van der Waals surface area contributed by atoms with Gasteiger partial charge in [-0.15, -0.1) is 18.3 Å². The van der Waals surface area contributed by atoms with Crippen LogP contribution < -0.4 is 15.5 Å². The molecule has 1 aromatic carbocycles. The summed E-state index contributed by atoms with van der Waals surface area (Å²) < 4.78 is 13.2. The van der Waals surface area contributed by atoms with E-state index >= 15 is 0 Å². The van der Waals surface area contributed by atoms with E-state index in [9.17, 15) is 14.0 Å². The minimum Gasteiger partial charge on any atom is -0.368 e. The Morgan fingerprint density at radius 1 is 1.24 bits per heavy atom. The molecule has 2 amide bonds. The van der Waals surface area contributed by atoms with Crippen LogP contribution in [0.25, 0.3) is 0 Å². The van der Waals surface area contributed by atoms with Crippen molar-refractivity contribution in [1.82, 2.24) is 15.5 Å². The number of halogens is 1. The molecule has 0 saturated heterocycles. The van der Waals surface area contributed by atoms with E-state index in [1.807, 2.05) is 41.8 Å². The summed E-state index contributed by atoms with van der Waals surface area (Å²) in [5.41, 5.74) is 2.35. The molecule has 1 aliphatic heterocycles. The van der Waals surface area contributed by atoms with Gasteiger partial charge in [0.05, 0.1) is 0 Å². The molecule has 37 heavy (non-hydrogen) atoms. The van der Waals surface area contributed by atoms with E-state index in [4.69, 9.17) is 0 Å². The molecule has 8 heteroatoms. The summed E-state index contributed by atoms with van der Waals surface area (Å²) >= 11 is 1.72. The Labute approximate surface area is 225 Å². The van der Waals surface area contributed by atoms with Crippen LogP contribution in [0.4, 0.5) is 10.1 Å². The third-order valence-electron chi connectivity index (χ3n) is 5.72. The number of hydrogen-bond donors (Lipinski definition) is 2. The molecular weight excluding hydrogens is 487 g/mol. The summed E-state index contributed by atoms with van der Waals surface area (Å²) in [5, 5.41) is 8.01. The topological polar surface area (TPSA) is 64.7 Å². The zero-order valence-electron chi connectivity index (χ0n) is 21.9. The first-order valence-electron chi connectivity index (χ1n) is 12.7. The van der Waals surface area contributed by atoms with E-state index in [0.717, 1.165) is 42.9 Å². The number of anilines is 1. The molecule has 2 rings (SSSR count). The molecule has 0 bridgehead atoms. The Balaban J connectivity index is 2.11. The summed E-state index contributed by atoms with van der Waals surface area (Å²) in [6.45, 7) is 9.56. The Morgan fingerprint density at radius 2 is 2.03 bits per heavy atom. The van der Waals surface area contributed by atoms with Crippen LogP contribution in [0.2, 0.25) is 0 Å². The summed E-state index contributed by atoms with van der Waals surface area (Å²) in [5.74, 6) is 1.04. The van der Waals surface area contributed by atoms with Crippen molar-refractivity contribution >= 4 is 29.3 Å². The fourth-order valence-electron chi connectivity index (χ4n) is 3.86. The molecule has 0 saturated carbocycles. The number of hydrogen-bond acceptors (Lipinski definition) is 5. The molecule has 0 radical (unpaired) electrons. The van der Waals surface area contributed by atoms with Crippen molar-refractivity contribution in [3.05, 3.63) is 89.8 Å². The van der Waals surface area contributed by atoms with Crippen LogP contribution in [0.1, 0.15) is 38.7 Å². The molecule has 2 N–H and O–H groups in total. The lowest BCUT2D eigenvalue weighted by atomic mass is 10.1. The van der Waals surface area contributed by atoms with Gasteiger partial charge in [0.15, 0.2) is 0 Å². The lowest BCUT2D eigenvalue weighted by Crippen LogP contribution is -2.34. The van der Waals surface area contributed by atoms with Crippen LogP contribution in [-0.4, -0.2) is 49.6 Å². The summed E-state index contributed by atoms with van der Waals surface area (Å²) in [7, 11) is 0. The van der Waals surface area contributed by atoms with Gasteiger partial charge in [-0.3, -0.25) is 9.59 Å². The number of thioether (sulfide) groups is 1. The van der Waals surface area contributed by atoms with Gasteiger partial charge >= 0.3 is 0 Å². The SMILES string of the molecule is C=CCN/C(=C/C(=O)NC(/C=C\CC(=O)N1CCC/C=C\SCc2ccccc21)=C/CF)N(CC)CC. The number of nitrogens with one attached hydrogen (secondary N) is 2. The number of fused-ring (bicyclic) bond motifs is 1. The number of benzene rings is 1. The largest absolute Gasteiger partial charge is 0.368 e. The highest BCUT2D eigenvalue weighted by molar-refractivity contribution is 8.01. The van der Waals surface area contributed by atoms with Crippen molar-refractivity contribution in [1.29, 1.82) is 0 Å². The normalized spacial score (nSPS) is 15.6. The molecule has 0 fully saturated rings. The van der Waals surface area contributed by atoms with Crippen LogP contribution in [0, 0.1) is 0 Å². The number of amides is 2. The molecule has 0 atom stereocenters. The minimum absolute atomic E-state index is 0.0403. The van der Waals surface area contributed by atoms with Crippen LogP contribution in [-0.2, 0) is 15.3 Å². The van der Waals surface area contributed by atoms with Crippen LogP contribution >= 0.6 is 11.8 Å². The van der Waals surface area contributed by atoms with Gasteiger partial charge in [-0.1, -0.05) is 36.4 Å². The van der Waals surface area contributed by atoms with Crippen LogP contribution in [0.3, 0.4) is 0 Å². The predicted molar refractivity (Wildman–Crippen MR) is 154 cm³/mol. The Bertz CT molecular complexity index is 1010. The van der Waals surface area contributed by atoms with Gasteiger partial charge in [-0.25, -0.2) is 4.39 Å². The number of para-hydroxylation sites is 1. The van der Waals surface area contributed by atoms with Gasteiger partial charge < -0.3 is 20.4 Å². The van der Waals surface area contributed by atoms with Crippen LogP contribution in [0.5, 0.6) is 0 Å². The molecule has 6 nitrogen and oxygen atoms in total. The molecule has 0 aromatic heterocycles. The van der Waals surface area contributed by atoms with Gasteiger partial charge in [-0.05, 0) is 55.9 Å². The summed E-state index contributed by atoms with van der Waals surface area (Å²) in [6.07, 6.45) is 11.8. The fourth-order valence-corrected chi connectivity index (χ4v) is 4.65. The quantitative estimate of drug-likeness (QED) is 0.216. The average molecular weight is 527 g/mol. The zero-order valence-corrected chi connectivity index (χ0v) is 22.7. The van der Waals surface area contributed by atoms with Crippen molar-refractivity contribution in [2.75, 3.05) is 37.8 Å². The highest BCUT2D eigenvalue weighted by Gasteiger charge is 2.17. The Kier molecular flexibility index (Phi) is 14.0. The monoisotopic (exact) mass is 526 g/mol. The Hall–Kier alpha value is -3.26. The van der Waals surface area contributed by atoms with E-state index in [1.165, 1.54) is 12.2 Å². The van der Waals surface area contributed by atoms with E-state index < -0.39 is 6.67 Å². The number of alkyl halides is 1. The smallest absolute Gasteiger partial charge is 0.251 e. The molecule has 1 heterocycles. The molecule has 1 aromatic rings. The number of allylic oxidation sites excluding steroid dienone is 3. The minimum atomic E-state index is -0.736. The van der Waals surface area contributed by atoms with E-state index in [0.29, 0.717) is 24.6 Å². The fraction of sp³-hybridized carbons (Fsp3) is 0.379. The predicted octanol–water partition coefficient (Wildman–Crippen LogP) is 5.44. The summed E-state index contributed by atoms with van der Waals surface area (Å²) in [6, 6.07) is 7.97. The van der Waals surface area contributed by atoms with Crippen molar-refractivity contribution in [2.24, 2.45) is 0 Å². The second-order valence-electron chi connectivity index (χ2n) is 8.28. The van der Waals surface area contributed by atoms with Gasteiger partial charge in [-0.2, -0.15) is 0 Å². The molecule has 0 spiro atoms. The van der Waals surface area contributed by atoms with Gasteiger partial charge in [0, 0.05) is 55.8 Å². The second-order valence-corrected chi connectivity index (χ2v) is 9.17. The summed E-state index contributed by atoms with van der Waals surface area (Å²) in [4.78, 5) is 29.7. The van der Waals surface area contributed by atoms with Crippen molar-refractivity contribution in [2.45, 2.75) is 38.9 Å². The van der Waals surface area contributed by atoms with Crippen LogP contribution in [0.15, 0.2) is 84.2 Å².